The zero-order valence-corrected chi connectivity index (χ0v) is 11.6. The topological polar surface area (TPSA) is 79.3 Å². The van der Waals surface area contributed by atoms with E-state index in [0.29, 0.717) is 0 Å². The first-order chi connectivity index (χ1) is 10.0. The number of nitrogens with zero attached hydrogens (tertiary/aromatic N) is 1. The highest BCUT2D eigenvalue weighted by atomic mass is 32.2. The molecule has 7 heteroatoms. The third kappa shape index (κ3) is 3.78. The molecule has 1 aromatic carbocycles. The fourth-order valence-electron chi connectivity index (χ4n) is 1.55. The first kappa shape index (κ1) is 15.0. The van der Waals surface area contributed by atoms with Crippen molar-refractivity contribution < 1.29 is 17.9 Å². The first-order valence-electron chi connectivity index (χ1n) is 5.85. The molecule has 0 radical (unpaired) electrons. The molecule has 0 aliphatic rings. The van der Waals surface area contributed by atoms with Gasteiger partial charge in [0.1, 0.15) is 17.3 Å². The third-order valence-electron chi connectivity index (χ3n) is 2.47. The Morgan fingerprint density at radius 1 is 1.33 bits per heavy atom. The van der Waals surface area contributed by atoms with Gasteiger partial charge >= 0.3 is 0 Å². The molecule has 21 heavy (non-hydrogen) atoms. The molecule has 2 N–H and O–H groups in total. The number of aliphatic hydroxyl groups is 1. The first-order valence-corrected chi connectivity index (χ1v) is 7.33. The van der Waals surface area contributed by atoms with E-state index in [2.05, 4.69) is 21.5 Å². The number of nitrogens with one attached hydrogen (secondary N) is 1. The largest absolute Gasteiger partial charge is 0.384 e. The average molecular weight is 306 g/mol. The highest BCUT2D eigenvalue weighted by molar-refractivity contribution is 7.92. The zero-order valence-electron chi connectivity index (χ0n) is 10.7. The third-order valence-corrected chi connectivity index (χ3v) is 3.82. The fourth-order valence-corrected chi connectivity index (χ4v) is 2.60. The lowest BCUT2D eigenvalue weighted by Crippen LogP contribution is -2.14. The Labute approximate surface area is 121 Å². The number of aliphatic hydroxyl groups excluding tert-OH is 1. The maximum absolute atomic E-state index is 13.2. The van der Waals surface area contributed by atoms with Gasteiger partial charge in [-0.05, 0) is 30.3 Å². The highest BCUT2D eigenvalue weighted by Gasteiger charge is 2.15. The summed E-state index contributed by atoms with van der Waals surface area (Å²) < 4.78 is 39.9. The van der Waals surface area contributed by atoms with Crippen LogP contribution in [-0.4, -0.2) is 25.1 Å². The Morgan fingerprint density at radius 3 is 2.81 bits per heavy atom. The Morgan fingerprint density at radius 2 is 2.14 bits per heavy atom. The van der Waals surface area contributed by atoms with E-state index in [-0.39, 0.29) is 16.1 Å². The van der Waals surface area contributed by atoms with Crippen LogP contribution >= 0.6 is 0 Å². The number of anilines is 1. The molecule has 0 spiro atoms. The molecule has 108 valence electrons. The summed E-state index contributed by atoms with van der Waals surface area (Å²) in [6, 6.07) is 6.35. The van der Waals surface area contributed by atoms with Crippen molar-refractivity contribution in [3.63, 3.8) is 0 Å². The van der Waals surface area contributed by atoms with Crippen LogP contribution in [-0.2, 0) is 10.0 Å². The van der Waals surface area contributed by atoms with Gasteiger partial charge in [-0.2, -0.15) is 0 Å². The molecule has 0 fully saturated rings. The molecule has 0 aliphatic heterocycles. The van der Waals surface area contributed by atoms with Gasteiger partial charge in [0.05, 0.1) is 11.3 Å². The normalized spacial score (nSPS) is 10.6. The van der Waals surface area contributed by atoms with E-state index >= 15 is 0 Å². The molecule has 0 aliphatic carbocycles. The van der Waals surface area contributed by atoms with Crippen LogP contribution in [0.2, 0.25) is 0 Å². The van der Waals surface area contributed by atoms with Gasteiger partial charge in [0, 0.05) is 12.4 Å². The molecular formula is C14H11FN2O3S. The Hall–Kier alpha value is -2.43. The molecule has 0 bridgehead atoms. The van der Waals surface area contributed by atoms with E-state index < -0.39 is 22.4 Å². The predicted molar refractivity (Wildman–Crippen MR) is 75.4 cm³/mol. The van der Waals surface area contributed by atoms with E-state index in [4.69, 9.17) is 5.11 Å². The van der Waals surface area contributed by atoms with Crippen LogP contribution in [0.4, 0.5) is 10.1 Å². The van der Waals surface area contributed by atoms with Crippen LogP contribution in [0.3, 0.4) is 0 Å². The zero-order chi connectivity index (χ0) is 15.3. The summed E-state index contributed by atoms with van der Waals surface area (Å²) >= 11 is 0. The van der Waals surface area contributed by atoms with Gasteiger partial charge in [0.25, 0.3) is 10.0 Å². The molecule has 0 saturated carbocycles. The van der Waals surface area contributed by atoms with Crippen LogP contribution < -0.4 is 4.72 Å². The quantitative estimate of drug-likeness (QED) is 0.839. The van der Waals surface area contributed by atoms with E-state index in [0.717, 1.165) is 12.1 Å². The van der Waals surface area contributed by atoms with Gasteiger partial charge in [0.15, 0.2) is 0 Å². The van der Waals surface area contributed by atoms with Gasteiger partial charge in [-0.1, -0.05) is 11.8 Å². The van der Waals surface area contributed by atoms with Gasteiger partial charge in [-0.3, -0.25) is 9.71 Å². The summed E-state index contributed by atoms with van der Waals surface area (Å²) in [6.45, 7) is -0.411. The van der Waals surface area contributed by atoms with Crippen LogP contribution in [0.15, 0.2) is 47.6 Å². The number of benzene rings is 1. The maximum atomic E-state index is 13.2. The Bertz CT molecular complexity index is 796. The predicted octanol–water partition coefficient (Wildman–Crippen LogP) is 1.37. The second-order valence-corrected chi connectivity index (χ2v) is 5.63. The number of pyridine rings is 1. The molecule has 0 unspecified atom stereocenters. The van der Waals surface area contributed by atoms with Gasteiger partial charge in [-0.15, -0.1) is 0 Å². The molecule has 2 aromatic rings. The lowest BCUT2D eigenvalue weighted by atomic mass is 10.2. The average Bonchev–Trinajstić information content (AvgIpc) is 2.48. The van der Waals surface area contributed by atoms with Crippen LogP contribution in [0.25, 0.3) is 0 Å². The molecular weight excluding hydrogens is 295 g/mol. The van der Waals surface area contributed by atoms with Crippen molar-refractivity contribution >= 4 is 15.7 Å². The van der Waals surface area contributed by atoms with Crippen molar-refractivity contribution in [1.29, 1.82) is 0 Å². The summed E-state index contributed by atoms with van der Waals surface area (Å²) in [7, 11) is -3.84. The monoisotopic (exact) mass is 306 g/mol. The van der Waals surface area contributed by atoms with Gasteiger partial charge in [0.2, 0.25) is 0 Å². The molecule has 2 rings (SSSR count). The van der Waals surface area contributed by atoms with Crippen molar-refractivity contribution in [2.24, 2.45) is 0 Å². The number of hydrogen-bond donors (Lipinski definition) is 2. The van der Waals surface area contributed by atoms with E-state index in [9.17, 15) is 12.8 Å². The van der Waals surface area contributed by atoms with Crippen molar-refractivity contribution in [3.05, 3.63) is 54.1 Å². The van der Waals surface area contributed by atoms with Crippen LogP contribution in [0.5, 0.6) is 0 Å². The van der Waals surface area contributed by atoms with E-state index in [1.54, 1.807) is 0 Å². The number of aromatic nitrogens is 1. The van der Waals surface area contributed by atoms with Crippen molar-refractivity contribution in [1.82, 2.24) is 4.98 Å². The summed E-state index contributed by atoms with van der Waals surface area (Å²) in [5, 5.41) is 8.68. The number of halogens is 1. The smallest absolute Gasteiger partial charge is 0.263 e. The Balaban J connectivity index is 2.40. The summed E-state index contributed by atoms with van der Waals surface area (Å²) in [5.41, 5.74) is 0.262. The maximum Gasteiger partial charge on any atom is 0.263 e. The minimum Gasteiger partial charge on any atom is -0.384 e. The van der Waals surface area contributed by atoms with E-state index in [1.165, 1.54) is 30.6 Å². The lowest BCUT2D eigenvalue weighted by Gasteiger charge is -2.09. The second-order valence-electron chi connectivity index (χ2n) is 3.94. The van der Waals surface area contributed by atoms with Crippen LogP contribution in [0.1, 0.15) is 5.56 Å². The van der Waals surface area contributed by atoms with E-state index in [1.807, 2.05) is 0 Å². The molecule has 0 atom stereocenters. The standard InChI is InChI=1S/C14H11FN2O3S/c15-12-5-6-14(11(9-12)3-2-8-18)17-21(19,20)13-4-1-7-16-10-13/h1,4-7,9-10,17-18H,8H2. The highest BCUT2D eigenvalue weighted by Crippen LogP contribution is 2.20. The second kappa shape index (κ2) is 6.35. The number of rotatable bonds is 3. The number of hydrogen-bond acceptors (Lipinski definition) is 4. The van der Waals surface area contributed by atoms with Crippen molar-refractivity contribution in [2.75, 3.05) is 11.3 Å². The molecule has 1 heterocycles. The fraction of sp³-hybridized carbons (Fsp3) is 0.0714. The lowest BCUT2D eigenvalue weighted by molar-refractivity contribution is 0.350. The minimum absolute atomic E-state index is 0.0182. The van der Waals surface area contributed by atoms with Crippen molar-refractivity contribution in [3.8, 4) is 11.8 Å². The molecule has 0 saturated heterocycles. The Kier molecular flexibility index (Phi) is 4.52. The summed E-state index contributed by atoms with van der Waals surface area (Å²) in [4.78, 5) is 3.72. The molecule has 1 aromatic heterocycles. The van der Waals surface area contributed by atoms with Gasteiger partial charge in [-0.25, -0.2) is 12.8 Å². The van der Waals surface area contributed by atoms with Crippen molar-refractivity contribution in [2.45, 2.75) is 4.90 Å². The SMILES string of the molecule is O=S(=O)(Nc1ccc(F)cc1C#CCO)c1cccnc1. The summed E-state index contributed by atoms with van der Waals surface area (Å²) in [6.07, 6.45) is 2.65. The summed E-state index contributed by atoms with van der Waals surface area (Å²) in [5.74, 6) is 4.29. The van der Waals surface area contributed by atoms with Crippen LogP contribution in [0, 0.1) is 17.7 Å². The molecule has 5 nitrogen and oxygen atoms in total. The van der Waals surface area contributed by atoms with Gasteiger partial charge < -0.3 is 5.11 Å². The molecule has 0 amide bonds. The minimum atomic E-state index is -3.84. The number of sulfonamides is 1.